The molecule has 0 fully saturated rings. The van der Waals surface area contributed by atoms with Gasteiger partial charge in [-0.1, -0.05) is 6.07 Å². The molecular formula is C12H11BrN2OS2. The predicted molar refractivity (Wildman–Crippen MR) is 78.0 cm³/mol. The van der Waals surface area contributed by atoms with Crippen LogP contribution in [-0.4, -0.2) is 5.06 Å². The maximum atomic E-state index is 5.78. The summed E-state index contributed by atoms with van der Waals surface area (Å²) < 4.78 is 1.12. The summed E-state index contributed by atoms with van der Waals surface area (Å²) in [6.07, 6.45) is 1.95. The lowest BCUT2D eigenvalue weighted by atomic mass is 10.2. The molecule has 0 radical (unpaired) electrons. The second kappa shape index (κ2) is 5.05. The highest BCUT2D eigenvalue weighted by molar-refractivity contribution is 9.11. The largest absolute Gasteiger partial charge is 0.387 e. The number of nitrogens with zero attached hydrogens (tertiary/aromatic N) is 1. The normalized spacial score (nSPS) is 19.8. The minimum atomic E-state index is 0.100. The lowest BCUT2D eigenvalue weighted by molar-refractivity contribution is -0.126. The number of hydroxylamine groups is 2. The van der Waals surface area contributed by atoms with Gasteiger partial charge in [0.1, 0.15) is 6.04 Å². The molecule has 0 aliphatic carbocycles. The van der Waals surface area contributed by atoms with E-state index in [-0.39, 0.29) is 6.04 Å². The summed E-state index contributed by atoms with van der Waals surface area (Å²) in [7, 11) is 0. The molecule has 3 heterocycles. The van der Waals surface area contributed by atoms with E-state index in [4.69, 9.17) is 10.6 Å². The van der Waals surface area contributed by atoms with Gasteiger partial charge in [-0.3, -0.25) is 0 Å². The average molecular weight is 343 g/mol. The molecule has 0 saturated heterocycles. The molecule has 2 N–H and O–H groups in total. The van der Waals surface area contributed by atoms with Crippen LogP contribution in [0.15, 0.2) is 45.4 Å². The Kier molecular flexibility index (Phi) is 3.43. The van der Waals surface area contributed by atoms with Crippen LogP contribution in [0.5, 0.6) is 0 Å². The monoisotopic (exact) mass is 342 g/mol. The summed E-state index contributed by atoms with van der Waals surface area (Å²) in [5, 5.41) is 3.98. The molecule has 18 heavy (non-hydrogen) atoms. The smallest absolute Gasteiger partial charge is 0.207 e. The molecule has 2 aromatic heterocycles. The van der Waals surface area contributed by atoms with Crippen molar-refractivity contribution in [1.29, 1.82) is 0 Å². The van der Waals surface area contributed by atoms with Crippen molar-refractivity contribution in [2.45, 2.75) is 12.6 Å². The highest BCUT2D eigenvalue weighted by Gasteiger charge is 2.28. The topological polar surface area (TPSA) is 38.5 Å². The Hall–Kier alpha value is -0.820. The number of thiophene rings is 2. The summed E-state index contributed by atoms with van der Waals surface area (Å²) in [5.74, 6) is 0.473. The molecule has 1 aliphatic rings. The third kappa shape index (κ3) is 2.47. The Morgan fingerprint density at radius 3 is 2.94 bits per heavy atom. The van der Waals surface area contributed by atoms with Crippen molar-refractivity contribution in [2.75, 3.05) is 0 Å². The number of nitrogens with two attached hydrogens (primary N) is 1. The average Bonchev–Trinajstić information content (AvgIpc) is 3.01. The summed E-state index contributed by atoms with van der Waals surface area (Å²) >= 11 is 6.91. The van der Waals surface area contributed by atoms with Gasteiger partial charge in [-0.15, -0.1) is 27.7 Å². The molecule has 0 spiro atoms. The molecule has 1 unspecified atom stereocenters. The fourth-order valence-electron chi connectivity index (χ4n) is 1.86. The Bertz CT molecular complexity index is 564. The second-order valence-electron chi connectivity index (χ2n) is 3.90. The molecule has 1 aliphatic heterocycles. The Balaban J connectivity index is 1.82. The van der Waals surface area contributed by atoms with Gasteiger partial charge >= 0.3 is 0 Å². The molecule has 0 amide bonds. The minimum Gasteiger partial charge on any atom is -0.387 e. The molecule has 6 heteroatoms. The number of rotatable bonds is 3. The van der Waals surface area contributed by atoms with Crippen LogP contribution in [0.2, 0.25) is 0 Å². The van der Waals surface area contributed by atoms with Crippen LogP contribution >= 0.6 is 38.6 Å². The minimum absolute atomic E-state index is 0.100. The molecule has 0 aromatic carbocycles. The van der Waals surface area contributed by atoms with Gasteiger partial charge in [0.2, 0.25) is 5.88 Å². The molecule has 94 valence electrons. The van der Waals surface area contributed by atoms with Crippen LogP contribution in [0.1, 0.15) is 15.8 Å². The molecule has 0 bridgehead atoms. The van der Waals surface area contributed by atoms with E-state index in [0.717, 1.165) is 10.3 Å². The third-order valence-electron chi connectivity index (χ3n) is 2.63. The summed E-state index contributed by atoms with van der Waals surface area (Å²) in [6.45, 7) is 0.745. The zero-order valence-electron chi connectivity index (χ0n) is 9.38. The van der Waals surface area contributed by atoms with Crippen molar-refractivity contribution in [3.05, 3.63) is 55.1 Å². The molecule has 2 aromatic rings. The van der Waals surface area contributed by atoms with E-state index in [0.29, 0.717) is 5.88 Å². The first-order chi connectivity index (χ1) is 8.72. The highest BCUT2D eigenvalue weighted by atomic mass is 79.9. The fourth-order valence-corrected chi connectivity index (χ4v) is 4.05. The van der Waals surface area contributed by atoms with Crippen molar-refractivity contribution >= 4 is 38.6 Å². The maximum absolute atomic E-state index is 5.78. The first kappa shape index (κ1) is 12.2. The molecule has 1 atom stereocenters. The Morgan fingerprint density at radius 1 is 1.39 bits per heavy atom. The van der Waals surface area contributed by atoms with Gasteiger partial charge in [-0.25, -0.2) is 0 Å². The zero-order valence-corrected chi connectivity index (χ0v) is 12.6. The van der Waals surface area contributed by atoms with Crippen molar-refractivity contribution in [2.24, 2.45) is 5.73 Å². The fraction of sp³-hybridized carbons (Fsp3) is 0.167. The van der Waals surface area contributed by atoms with Crippen LogP contribution in [0, 0.1) is 0 Å². The van der Waals surface area contributed by atoms with Gasteiger partial charge in [0.15, 0.2) is 0 Å². The standard InChI is InChI=1S/C12H11BrN2OS2/c13-11-4-3-10(18-11)9-6-12(14)16-15(9)7-8-2-1-5-17-8/h1-6,9H,7,14H2. The molecule has 3 nitrogen and oxygen atoms in total. The van der Waals surface area contributed by atoms with E-state index < -0.39 is 0 Å². The van der Waals surface area contributed by atoms with E-state index in [1.807, 2.05) is 23.3 Å². The molecule has 3 rings (SSSR count). The van der Waals surface area contributed by atoms with Crippen molar-refractivity contribution in [3.63, 3.8) is 0 Å². The van der Waals surface area contributed by atoms with Crippen molar-refractivity contribution in [1.82, 2.24) is 5.06 Å². The maximum Gasteiger partial charge on any atom is 0.207 e. The van der Waals surface area contributed by atoms with Crippen LogP contribution in [0.3, 0.4) is 0 Å². The predicted octanol–water partition coefficient (Wildman–Crippen LogP) is 3.86. The zero-order chi connectivity index (χ0) is 12.5. The van der Waals surface area contributed by atoms with E-state index in [2.05, 4.69) is 33.4 Å². The highest BCUT2D eigenvalue weighted by Crippen LogP contribution is 2.36. The quantitative estimate of drug-likeness (QED) is 0.920. The third-order valence-corrected chi connectivity index (χ3v) is 5.19. The van der Waals surface area contributed by atoms with Gasteiger partial charge < -0.3 is 10.6 Å². The summed E-state index contributed by atoms with van der Waals surface area (Å²) in [4.78, 5) is 8.07. The van der Waals surface area contributed by atoms with Crippen LogP contribution in [-0.2, 0) is 11.4 Å². The Morgan fingerprint density at radius 2 is 2.28 bits per heavy atom. The number of hydrogen-bond acceptors (Lipinski definition) is 5. The van der Waals surface area contributed by atoms with Gasteiger partial charge in [0.05, 0.1) is 10.3 Å². The number of hydrogen-bond donors (Lipinski definition) is 1. The van der Waals surface area contributed by atoms with Crippen LogP contribution in [0.25, 0.3) is 0 Å². The summed E-state index contributed by atoms with van der Waals surface area (Å²) in [5.41, 5.74) is 5.78. The van der Waals surface area contributed by atoms with E-state index in [9.17, 15) is 0 Å². The van der Waals surface area contributed by atoms with Crippen molar-refractivity contribution < 1.29 is 4.84 Å². The molecular weight excluding hydrogens is 332 g/mol. The molecule has 0 saturated carbocycles. The van der Waals surface area contributed by atoms with Crippen LogP contribution < -0.4 is 5.73 Å². The number of halogens is 1. The van der Waals surface area contributed by atoms with Gasteiger partial charge in [-0.05, 0) is 39.5 Å². The first-order valence-electron chi connectivity index (χ1n) is 5.42. The van der Waals surface area contributed by atoms with Gasteiger partial charge in [-0.2, -0.15) is 0 Å². The van der Waals surface area contributed by atoms with E-state index in [1.54, 1.807) is 22.7 Å². The lowest BCUT2D eigenvalue weighted by Crippen LogP contribution is -2.22. The Labute approximate surface area is 122 Å². The first-order valence-corrected chi connectivity index (χ1v) is 7.91. The van der Waals surface area contributed by atoms with E-state index in [1.165, 1.54) is 9.75 Å². The van der Waals surface area contributed by atoms with Crippen molar-refractivity contribution in [3.8, 4) is 0 Å². The van der Waals surface area contributed by atoms with Crippen LogP contribution in [0.4, 0.5) is 0 Å². The van der Waals surface area contributed by atoms with Gasteiger partial charge in [0.25, 0.3) is 0 Å². The SMILES string of the molecule is NC1=CC(c2ccc(Br)s2)N(Cc2cccs2)O1. The van der Waals surface area contributed by atoms with Gasteiger partial charge in [0, 0.05) is 15.8 Å². The lowest BCUT2D eigenvalue weighted by Gasteiger charge is -2.20. The van der Waals surface area contributed by atoms with E-state index >= 15 is 0 Å². The summed E-state index contributed by atoms with van der Waals surface area (Å²) in [6, 6.07) is 8.39. The second-order valence-corrected chi connectivity index (χ2v) is 7.43.